The van der Waals surface area contributed by atoms with Gasteiger partial charge in [-0.2, -0.15) is 5.10 Å². The SMILES string of the molecule is C[C@H](OC(=O)/C=C\c1cnn(C)c1)C(=O)c1ccc2c(c1)CCC2. The minimum Gasteiger partial charge on any atom is -0.451 e. The Balaban J connectivity index is 1.61. The number of hydrogen-bond donors (Lipinski definition) is 0. The van der Waals surface area contributed by atoms with Crippen LogP contribution in [0.25, 0.3) is 6.08 Å². The molecule has 3 rings (SSSR count). The molecule has 1 aliphatic rings. The van der Waals surface area contributed by atoms with E-state index in [1.165, 1.54) is 17.2 Å². The molecule has 0 radical (unpaired) electrons. The Bertz CT molecular complexity index is 805. The Morgan fingerprint density at radius 1 is 1.29 bits per heavy atom. The van der Waals surface area contributed by atoms with E-state index in [2.05, 4.69) is 5.10 Å². The van der Waals surface area contributed by atoms with Gasteiger partial charge in [0, 0.05) is 30.4 Å². The molecule has 0 amide bonds. The summed E-state index contributed by atoms with van der Waals surface area (Å²) < 4.78 is 6.86. The summed E-state index contributed by atoms with van der Waals surface area (Å²) in [5, 5.41) is 4.01. The van der Waals surface area contributed by atoms with Crippen LogP contribution in [0.5, 0.6) is 0 Å². The fraction of sp³-hybridized carbons (Fsp3) is 0.316. The third kappa shape index (κ3) is 3.62. The number of carbonyl (C=O) groups is 2. The van der Waals surface area contributed by atoms with Crippen LogP contribution in [0.3, 0.4) is 0 Å². The molecular formula is C19H20N2O3. The van der Waals surface area contributed by atoms with Crippen molar-refractivity contribution in [3.63, 3.8) is 0 Å². The molecule has 0 aliphatic heterocycles. The maximum atomic E-state index is 12.4. The first kappa shape index (κ1) is 16.2. The number of benzene rings is 1. The van der Waals surface area contributed by atoms with Crippen molar-refractivity contribution in [1.29, 1.82) is 0 Å². The number of esters is 1. The van der Waals surface area contributed by atoms with Crippen molar-refractivity contribution in [3.8, 4) is 0 Å². The monoisotopic (exact) mass is 324 g/mol. The Labute approximate surface area is 140 Å². The van der Waals surface area contributed by atoms with E-state index in [-0.39, 0.29) is 5.78 Å². The van der Waals surface area contributed by atoms with Gasteiger partial charge in [0.25, 0.3) is 0 Å². The lowest BCUT2D eigenvalue weighted by atomic mass is 10.0. The third-order valence-corrected chi connectivity index (χ3v) is 4.18. The van der Waals surface area contributed by atoms with E-state index in [0.29, 0.717) is 5.56 Å². The zero-order valence-electron chi connectivity index (χ0n) is 13.9. The van der Waals surface area contributed by atoms with Crippen molar-refractivity contribution in [2.24, 2.45) is 7.05 Å². The summed E-state index contributed by atoms with van der Waals surface area (Å²) in [4.78, 5) is 24.3. The molecule has 5 nitrogen and oxygen atoms in total. The zero-order chi connectivity index (χ0) is 17.1. The standard InChI is InChI=1S/C19H20N2O3/c1-13(24-18(22)9-6-14-11-20-21(2)12-14)19(23)17-8-7-15-4-3-5-16(15)10-17/h6-13H,3-5H2,1-2H3/b9-6-/t13-/m0/s1. The zero-order valence-corrected chi connectivity index (χ0v) is 13.9. The average Bonchev–Trinajstić information content (AvgIpc) is 3.19. The first-order valence-corrected chi connectivity index (χ1v) is 8.06. The molecule has 24 heavy (non-hydrogen) atoms. The van der Waals surface area contributed by atoms with E-state index >= 15 is 0 Å². The topological polar surface area (TPSA) is 61.2 Å². The fourth-order valence-corrected chi connectivity index (χ4v) is 2.92. The predicted molar refractivity (Wildman–Crippen MR) is 90.6 cm³/mol. The summed E-state index contributed by atoms with van der Waals surface area (Å²) in [5.41, 5.74) is 3.95. The van der Waals surface area contributed by atoms with Gasteiger partial charge >= 0.3 is 5.97 Å². The number of rotatable bonds is 5. The minimum atomic E-state index is -0.810. The van der Waals surface area contributed by atoms with Gasteiger partial charge in [-0.3, -0.25) is 9.48 Å². The Morgan fingerprint density at radius 2 is 2.08 bits per heavy atom. The number of fused-ring (bicyclic) bond motifs is 1. The van der Waals surface area contributed by atoms with Crippen LogP contribution in [0.15, 0.2) is 36.7 Å². The molecule has 0 saturated heterocycles. The summed E-state index contributed by atoms with van der Waals surface area (Å²) in [6, 6.07) is 5.76. The second-order valence-electron chi connectivity index (χ2n) is 6.06. The highest BCUT2D eigenvalue weighted by atomic mass is 16.5. The molecule has 1 aromatic carbocycles. The number of aromatic nitrogens is 2. The molecule has 124 valence electrons. The molecule has 1 aliphatic carbocycles. The van der Waals surface area contributed by atoms with Gasteiger partial charge in [-0.15, -0.1) is 0 Å². The average molecular weight is 324 g/mol. The first-order valence-electron chi connectivity index (χ1n) is 8.06. The third-order valence-electron chi connectivity index (χ3n) is 4.18. The summed E-state index contributed by atoms with van der Waals surface area (Å²) in [5.74, 6) is -0.714. The Kier molecular flexibility index (Phi) is 4.60. The summed E-state index contributed by atoms with van der Waals surface area (Å²) in [6.45, 7) is 1.60. The lowest BCUT2D eigenvalue weighted by Crippen LogP contribution is -2.23. The van der Waals surface area contributed by atoms with E-state index in [1.807, 2.05) is 18.2 Å². The van der Waals surface area contributed by atoms with Crippen molar-refractivity contribution in [2.45, 2.75) is 32.3 Å². The molecule has 0 spiro atoms. The van der Waals surface area contributed by atoms with E-state index in [4.69, 9.17) is 4.74 Å². The predicted octanol–water partition coefficient (Wildman–Crippen LogP) is 2.74. The van der Waals surface area contributed by atoms with Crippen LogP contribution in [0.2, 0.25) is 0 Å². The molecular weight excluding hydrogens is 304 g/mol. The van der Waals surface area contributed by atoms with Crippen LogP contribution in [0.4, 0.5) is 0 Å². The largest absolute Gasteiger partial charge is 0.451 e. The smallest absolute Gasteiger partial charge is 0.331 e. The van der Waals surface area contributed by atoms with Crippen molar-refractivity contribution >= 4 is 17.8 Å². The van der Waals surface area contributed by atoms with Crippen molar-refractivity contribution in [2.75, 3.05) is 0 Å². The van der Waals surface area contributed by atoms with Crippen LogP contribution >= 0.6 is 0 Å². The molecule has 0 unspecified atom stereocenters. The van der Waals surface area contributed by atoms with Gasteiger partial charge in [-0.25, -0.2) is 4.79 Å². The molecule has 1 atom stereocenters. The van der Waals surface area contributed by atoms with Crippen molar-refractivity contribution in [1.82, 2.24) is 9.78 Å². The molecule has 1 heterocycles. The lowest BCUT2D eigenvalue weighted by molar-refractivity contribution is -0.140. The molecule has 1 aromatic heterocycles. The normalized spacial score (nSPS) is 14.6. The molecule has 0 fully saturated rings. The number of Topliss-reactive ketones (excluding diaryl/α,β-unsaturated/α-hetero) is 1. The van der Waals surface area contributed by atoms with Crippen LogP contribution in [-0.2, 0) is 29.4 Å². The summed E-state index contributed by atoms with van der Waals surface area (Å²) >= 11 is 0. The lowest BCUT2D eigenvalue weighted by Gasteiger charge is -2.11. The second kappa shape index (κ2) is 6.83. The number of ketones is 1. The second-order valence-corrected chi connectivity index (χ2v) is 6.06. The van der Waals surface area contributed by atoms with Gasteiger partial charge in [0.05, 0.1) is 6.20 Å². The minimum absolute atomic E-state index is 0.173. The molecule has 5 heteroatoms. The molecule has 0 N–H and O–H groups in total. The maximum Gasteiger partial charge on any atom is 0.331 e. The van der Waals surface area contributed by atoms with Crippen molar-refractivity contribution < 1.29 is 14.3 Å². The highest BCUT2D eigenvalue weighted by Gasteiger charge is 2.20. The van der Waals surface area contributed by atoms with Gasteiger partial charge in [0.2, 0.25) is 5.78 Å². The van der Waals surface area contributed by atoms with E-state index in [0.717, 1.165) is 24.8 Å². The van der Waals surface area contributed by atoms with E-state index in [9.17, 15) is 9.59 Å². The number of ether oxygens (including phenoxy) is 1. The number of carbonyl (C=O) groups excluding carboxylic acids is 2. The molecule has 0 saturated carbocycles. The first-order chi connectivity index (χ1) is 11.5. The highest BCUT2D eigenvalue weighted by Crippen LogP contribution is 2.23. The van der Waals surface area contributed by atoms with Gasteiger partial charge < -0.3 is 4.74 Å². The van der Waals surface area contributed by atoms with Crippen LogP contribution in [0, 0.1) is 0 Å². The summed E-state index contributed by atoms with van der Waals surface area (Å²) in [7, 11) is 1.80. The highest BCUT2D eigenvalue weighted by molar-refractivity contribution is 6.01. The summed E-state index contributed by atoms with van der Waals surface area (Å²) in [6.07, 6.45) is 8.76. The Morgan fingerprint density at radius 3 is 2.83 bits per heavy atom. The van der Waals surface area contributed by atoms with Crippen molar-refractivity contribution in [3.05, 3.63) is 58.9 Å². The van der Waals surface area contributed by atoms with Gasteiger partial charge in [0.15, 0.2) is 6.10 Å². The van der Waals surface area contributed by atoms with Crippen LogP contribution in [0.1, 0.15) is 40.4 Å². The van der Waals surface area contributed by atoms with Crippen LogP contribution < -0.4 is 0 Å². The number of nitrogens with zero attached hydrogens (tertiary/aromatic N) is 2. The van der Waals surface area contributed by atoms with Gasteiger partial charge in [-0.05, 0) is 49.5 Å². The number of aryl methyl sites for hydroxylation is 3. The van der Waals surface area contributed by atoms with Crippen LogP contribution in [-0.4, -0.2) is 27.6 Å². The number of hydrogen-bond acceptors (Lipinski definition) is 4. The quantitative estimate of drug-likeness (QED) is 0.482. The molecule has 0 bridgehead atoms. The maximum absolute atomic E-state index is 12.4. The van der Waals surface area contributed by atoms with E-state index in [1.54, 1.807) is 37.1 Å². The van der Waals surface area contributed by atoms with Gasteiger partial charge in [0.1, 0.15) is 0 Å². The van der Waals surface area contributed by atoms with Gasteiger partial charge in [-0.1, -0.05) is 12.1 Å². The van der Waals surface area contributed by atoms with E-state index < -0.39 is 12.1 Å². The fourth-order valence-electron chi connectivity index (χ4n) is 2.92. The molecule has 2 aromatic rings. The Hall–Kier alpha value is -2.69.